The molecule has 0 aromatic heterocycles. The number of aromatic hydroxyl groups is 2. The number of aliphatic hydroxyl groups excluding tert-OH is 2. The van der Waals surface area contributed by atoms with Crippen LogP contribution < -0.4 is 9.47 Å². The molecule has 1 heterocycles. The molecule has 2 aromatic rings. The summed E-state index contributed by atoms with van der Waals surface area (Å²) in [6.07, 6.45) is 0.0207. The molecule has 0 fully saturated rings. The highest BCUT2D eigenvalue weighted by molar-refractivity contribution is 6.12. The molecule has 4 N–H and O–H groups in total. The Balaban J connectivity index is 2.05. The number of carbonyl (C=O) groups excluding carboxylic acids is 2. The van der Waals surface area contributed by atoms with Crippen LogP contribution in [0.2, 0.25) is 0 Å². The van der Waals surface area contributed by atoms with Gasteiger partial charge in [-0.05, 0) is 35.7 Å². The van der Waals surface area contributed by atoms with Gasteiger partial charge in [0.05, 0.1) is 25.2 Å². The predicted octanol–water partition coefficient (Wildman–Crippen LogP) is 0.976. The molecule has 0 bridgehead atoms. The Morgan fingerprint density at radius 3 is 2.29 bits per heavy atom. The van der Waals surface area contributed by atoms with Crippen molar-refractivity contribution in [1.82, 2.24) is 4.90 Å². The van der Waals surface area contributed by atoms with E-state index in [1.54, 1.807) is 13.0 Å². The largest absolute Gasteiger partial charge is 0.508 e. The van der Waals surface area contributed by atoms with E-state index >= 15 is 0 Å². The Morgan fingerprint density at radius 2 is 1.65 bits per heavy atom. The Bertz CT molecular complexity index is 982. The van der Waals surface area contributed by atoms with Crippen molar-refractivity contribution in [3.05, 3.63) is 46.5 Å². The molecule has 166 valence electrons. The normalized spacial score (nSPS) is 12.1. The molecule has 9 heteroatoms. The number of rotatable bonds is 9. The fourth-order valence-corrected chi connectivity index (χ4v) is 3.64. The van der Waals surface area contributed by atoms with Gasteiger partial charge in [-0.15, -0.1) is 0 Å². The third kappa shape index (κ3) is 4.57. The number of ketones is 1. The molecule has 31 heavy (non-hydrogen) atoms. The summed E-state index contributed by atoms with van der Waals surface area (Å²) in [6.45, 7) is 1.24. The van der Waals surface area contributed by atoms with Gasteiger partial charge >= 0.3 is 0 Å². The number of phenols is 2. The van der Waals surface area contributed by atoms with Crippen LogP contribution in [0.4, 0.5) is 0 Å². The van der Waals surface area contributed by atoms with Crippen LogP contribution in [0.3, 0.4) is 0 Å². The van der Waals surface area contributed by atoms with Gasteiger partial charge in [0.15, 0.2) is 17.3 Å². The lowest BCUT2D eigenvalue weighted by atomic mass is 9.89. The second-order valence-corrected chi connectivity index (χ2v) is 7.00. The summed E-state index contributed by atoms with van der Waals surface area (Å²) in [7, 11) is 0. The van der Waals surface area contributed by atoms with Crippen molar-refractivity contribution in [2.75, 3.05) is 33.1 Å². The van der Waals surface area contributed by atoms with Crippen LogP contribution in [0, 0.1) is 0 Å². The predicted molar refractivity (Wildman–Crippen MR) is 110 cm³/mol. The first kappa shape index (κ1) is 22.4. The third-order valence-electron chi connectivity index (χ3n) is 5.14. The number of phenolic OH excluding ortho intramolecular Hbond substituents is 2. The minimum Gasteiger partial charge on any atom is -0.508 e. The number of ether oxygens (including phenoxy) is 2. The standard InChI is InChI=1S/C22H25NO8/c1-2-14-15(10-20(28)23(5-7-24)6-8-25)21(17(27)11-16(14)26)22(29)13-3-4-18-19(9-13)31-12-30-18/h3-4,9,11,24-27H,2,5-8,10,12H2,1H3. The van der Waals surface area contributed by atoms with Gasteiger partial charge in [-0.3, -0.25) is 9.59 Å². The van der Waals surface area contributed by atoms with Crippen molar-refractivity contribution in [2.24, 2.45) is 0 Å². The van der Waals surface area contributed by atoms with Crippen LogP contribution in [-0.4, -0.2) is 70.1 Å². The van der Waals surface area contributed by atoms with E-state index < -0.39 is 17.4 Å². The quantitative estimate of drug-likeness (QED) is 0.431. The topological polar surface area (TPSA) is 137 Å². The molecular weight excluding hydrogens is 406 g/mol. The lowest BCUT2D eigenvalue weighted by Crippen LogP contribution is -2.37. The number of nitrogens with zero attached hydrogens (tertiary/aromatic N) is 1. The fourth-order valence-electron chi connectivity index (χ4n) is 3.64. The molecular formula is C22H25NO8. The van der Waals surface area contributed by atoms with Crippen LogP contribution in [0.5, 0.6) is 23.0 Å². The van der Waals surface area contributed by atoms with E-state index in [1.807, 2.05) is 0 Å². The van der Waals surface area contributed by atoms with Gasteiger partial charge in [0, 0.05) is 24.7 Å². The van der Waals surface area contributed by atoms with Crippen LogP contribution >= 0.6 is 0 Å². The summed E-state index contributed by atoms with van der Waals surface area (Å²) in [5.41, 5.74) is 0.704. The van der Waals surface area contributed by atoms with Gasteiger partial charge in [-0.2, -0.15) is 0 Å². The summed E-state index contributed by atoms with van der Waals surface area (Å²) in [5, 5.41) is 39.3. The number of aliphatic hydroxyl groups is 2. The van der Waals surface area contributed by atoms with Crippen LogP contribution in [-0.2, 0) is 17.6 Å². The molecule has 0 spiro atoms. The van der Waals surface area contributed by atoms with Crippen LogP contribution in [0.25, 0.3) is 0 Å². The molecule has 3 rings (SSSR count). The van der Waals surface area contributed by atoms with E-state index in [2.05, 4.69) is 0 Å². The number of hydrogen-bond donors (Lipinski definition) is 4. The Labute approximate surface area is 179 Å². The van der Waals surface area contributed by atoms with E-state index in [0.717, 1.165) is 6.07 Å². The van der Waals surface area contributed by atoms with E-state index in [0.29, 0.717) is 23.5 Å². The van der Waals surface area contributed by atoms with Gasteiger partial charge in [0.2, 0.25) is 12.7 Å². The maximum absolute atomic E-state index is 13.3. The van der Waals surface area contributed by atoms with Gasteiger partial charge < -0.3 is 34.8 Å². The van der Waals surface area contributed by atoms with E-state index in [1.165, 1.54) is 17.0 Å². The number of amides is 1. The van der Waals surface area contributed by atoms with Gasteiger partial charge in [0.25, 0.3) is 0 Å². The smallest absolute Gasteiger partial charge is 0.231 e. The summed E-state index contributed by atoms with van der Waals surface area (Å²) in [6, 6.07) is 5.70. The molecule has 2 aromatic carbocycles. The lowest BCUT2D eigenvalue weighted by molar-refractivity contribution is -0.131. The zero-order chi connectivity index (χ0) is 22.5. The summed E-state index contributed by atoms with van der Waals surface area (Å²) < 4.78 is 10.6. The van der Waals surface area contributed by atoms with Crippen molar-refractivity contribution in [3.63, 3.8) is 0 Å². The highest BCUT2D eigenvalue weighted by Gasteiger charge is 2.27. The van der Waals surface area contributed by atoms with Crippen molar-refractivity contribution in [1.29, 1.82) is 0 Å². The molecule has 0 radical (unpaired) electrons. The van der Waals surface area contributed by atoms with Crippen LogP contribution in [0.1, 0.15) is 34.0 Å². The Morgan fingerprint density at radius 1 is 0.968 bits per heavy atom. The summed E-state index contributed by atoms with van der Waals surface area (Å²) >= 11 is 0. The Kier molecular flexibility index (Phi) is 6.98. The Hall–Kier alpha value is -3.30. The minimum absolute atomic E-state index is 0.0110. The van der Waals surface area contributed by atoms with Gasteiger partial charge in [-0.25, -0.2) is 0 Å². The van der Waals surface area contributed by atoms with E-state index in [-0.39, 0.29) is 62.0 Å². The first-order valence-corrected chi connectivity index (χ1v) is 9.91. The molecule has 0 atom stereocenters. The number of fused-ring (bicyclic) bond motifs is 1. The second kappa shape index (κ2) is 9.67. The average Bonchev–Trinajstić information content (AvgIpc) is 3.21. The highest BCUT2D eigenvalue weighted by Crippen LogP contribution is 2.37. The highest BCUT2D eigenvalue weighted by atomic mass is 16.7. The molecule has 9 nitrogen and oxygen atoms in total. The van der Waals surface area contributed by atoms with Gasteiger partial charge in [-0.1, -0.05) is 6.92 Å². The molecule has 1 aliphatic rings. The number of carbonyl (C=O) groups is 2. The molecule has 1 amide bonds. The zero-order valence-corrected chi connectivity index (χ0v) is 17.1. The SMILES string of the molecule is CCc1c(O)cc(O)c(C(=O)c2ccc3c(c2)OCO3)c1CC(=O)N(CCO)CCO. The van der Waals surface area contributed by atoms with Crippen molar-refractivity contribution >= 4 is 11.7 Å². The molecule has 0 aliphatic carbocycles. The summed E-state index contributed by atoms with van der Waals surface area (Å²) in [5.74, 6) is -0.766. The summed E-state index contributed by atoms with van der Waals surface area (Å²) in [4.78, 5) is 27.4. The van der Waals surface area contributed by atoms with E-state index in [4.69, 9.17) is 9.47 Å². The minimum atomic E-state index is -0.538. The first-order valence-electron chi connectivity index (χ1n) is 9.91. The maximum atomic E-state index is 13.3. The fraction of sp³-hybridized carbons (Fsp3) is 0.364. The molecule has 1 aliphatic heterocycles. The molecule has 0 saturated carbocycles. The molecule has 0 unspecified atom stereocenters. The monoisotopic (exact) mass is 431 g/mol. The van der Waals surface area contributed by atoms with Crippen molar-refractivity contribution in [3.8, 4) is 23.0 Å². The van der Waals surface area contributed by atoms with Crippen molar-refractivity contribution in [2.45, 2.75) is 19.8 Å². The number of hydrogen-bond acceptors (Lipinski definition) is 8. The average molecular weight is 431 g/mol. The first-order chi connectivity index (χ1) is 14.9. The van der Waals surface area contributed by atoms with E-state index in [9.17, 15) is 30.0 Å². The lowest BCUT2D eigenvalue weighted by Gasteiger charge is -2.23. The van der Waals surface area contributed by atoms with Crippen molar-refractivity contribution < 1.29 is 39.5 Å². The zero-order valence-electron chi connectivity index (χ0n) is 17.1. The molecule has 0 saturated heterocycles. The maximum Gasteiger partial charge on any atom is 0.231 e. The third-order valence-corrected chi connectivity index (χ3v) is 5.14. The second-order valence-electron chi connectivity index (χ2n) is 7.00. The van der Waals surface area contributed by atoms with Gasteiger partial charge in [0.1, 0.15) is 11.5 Å². The number of benzene rings is 2. The van der Waals surface area contributed by atoms with Crippen LogP contribution in [0.15, 0.2) is 24.3 Å².